The molecule has 2 heteroatoms. The Labute approximate surface area is 102 Å². The van der Waals surface area contributed by atoms with Crippen molar-refractivity contribution in [2.75, 3.05) is 5.75 Å². The van der Waals surface area contributed by atoms with Gasteiger partial charge in [-0.05, 0) is 31.4 Å². The Morgan fingerprint density at radius 3 is 2.94 bits per heavy atom. The average Bonchev–Trinajstić information content (AvgIpc) is 3.07. The highest BCUT2D eigenvalue weighted by Crippen LogP contribution is 2.33. The van der Waals surface area contributed by atoms with Gasteiger partial charge >= 0.3 is 0 Å². The number of Topliss-reactive ketones (excluding diaryl/α,β-unsaturated/α-hetero) is 1. The van der Waals surface area contributed by atoms with Crippen molar-refractivity contribution < 1.29 is 4.79 Å². The summed E-state index contributed by atoms with van der Waals surface area (Å²) in [5.41, 5.74) is 1.26. The molecule has 1 aromatic rings. The zero-order valence-electron chi connectivity index (χ0n) is 9.74. The van der Waals surface area contributed by atoms with Crippen LogP contribution in [0.15, 0.2) is 29.2 Å². The number of ketones is 1. The zero-order chi connectivity index (χ0) is 11.4. The Hall–Kier alpha value is -0.760. The minimum atomic E-state index is 0.401. The second kappa shape index (κ2) is 5.53. The summed E-state index contributed by atoms with van der Waals surface area (Å²) in [6.07, 6.45) is 4.59. The Bertz CT molecular complexity index is 369. The van der Waals surface area contributed by atoms with E-state index >= 15 is 0 Å². The van der Waals surface area contributed by atoms with Crippen LogP contribution in [0.1, 0.15) is 31.2 Å². The molecule has 86 valence electrons. The molecule has 2 rings (SSSR count). The summed E-state index contributed by atoms with van der Waals surface area (Å²) in [7, 11) is 0. The summed E-state index contributed by atoms with van der Waals surface area (Å²) in [5.74, 6) is 1.90. The molecule has 0 aliphatic heterocycles. The first-order valence-corrected chi connectivity index (χ1v) is 6.94. The molecule has 0 saturated heterocycles. The number of carbonyl (C=O) groups excluding carboxylic acids is 1. The molecule has 0 heterocycles. The predicted molar refractivity (Wildman–Crippen MR) is 68.9 cm³/mol. The second-order valence-electron chi connectivity index (χ2n) is 4.63. The lowest BCUT2D eigenvalue weighted by atomic mass is 10.2. The van der Waals surface area contributed by atoms with Crippen LogP contribution in [0.3, 0.4) is 0 Å². The van der Waals surface area contributed by atoms with Crippen molar-refractivity contribution in [3.8, 4) is 0 Å². The van der Waals surface area contributed by atoms with Gasteiger partial charge in [0.15, 0.2) is 0 Å². The Balaban J connectivity index is 1.71. The largest absolute Gasteiger partial charge is 0.299 e. The zero-order valence-corrected chi connectivity index (χ0v) is 10.6. The van der Waals surface area contributed by atoms with Gasteiger partial charge in [-0.2, -0.15) is 0 Å². The van der Waals surface area contributed by atoms with Crippen LogP contribution in [0.4, 0.5) is 0 Å². The maximum Gasteiger partial charge on any atom is 0.143 e. The highest BCUT2D eigenvalue weighted by Gasteiger charge is 2.21. The number of hydrogen-bond acceptors (Lipinski definition) is 2. The number of benzene rings is 1. The molecule has 1 fully saturated rings. The number of rotatable bonds is 6. The highest BCUT2D eigenvalue weighted by atomic mass is 32.2. The lowest BCUT2D eigenvalue weighted by Crippen LogP contribution is -2.01. The molecule has 0 radical (unpaired) electrons. The third-order valence-electron chi connectivity index (χ3n) is 2.92. The fourth-order valence-electron chi connectivity index (χ4n) is 1.71. The Morgan fingerprint density at radius 1 is 1.44 bits per heavy atom. The second-order valence-corrected chi connectivity index (χ2v) is 5.67. The van der Waals surface area contributed by atoms with Crippen LogP contribution in [-0.4, -0.2) is 11.5 Å². The predicted octanol–water partition coefficient (Wildman–Crippen LogP) is 3.85. The molecule has 1 aliphatic rings. The van der Waals surface area contributed by atoms with Gasteiger partial charge in [-0.15, -0.1) is 11.8 Å². The van der Waals surface area contributed by atoms with E-state index < -0.39 is 0 Å². The summed E-state index contributed by atoms with van der Waals surface area (Å²) < 4.78 is 0. The van der Waals surface area contributed by atoms with E-state index in [1.54, 1.807) is 11.8 Å². The molecular weight excluding hydrogens is 216 g/mol. The molecule has 0 spiro atoms. The van der Waals surface area contributed by atoms with Crippen LogP contribution >= 0.6 is 11.8 Å². The van der Waals surface area contributed by atoms with Gasteiger partial charge in [0.2, 0.25) is 0 Å². The van der Waals surface area contributed by atoms with Crippen molar-refractivity contribution in [2.45, 2.75) is 37.5 Å². The fourth-order valence-corrected chi connectivity index (χ4v) is 2.63. The van der Waals surface area contributed by atoms with E-state index in [0.29, 0.717) is 11.5 Å². The molecular formula is C14H18OS. The molecule has 0 bridgehead atoms. The quantitative estimate of drug-likeness (QED) is 0.695. The standard InChI is InChI=1S/C14H18OS/c1-11-3-2-4-14(9-11)16-10-13(15)8-7-12-5-6-12/h2-4,9,12H,5-8,10H2,1H3. The third-order valence-corrected chi connectivity index (χ3v) is 3.97. The van der Waals surface area contributed by atoms with E-state index in [4.69, 9.17) is 0 Å². The van der Waals surface area contributed by atoms with Gasteiger partial charge in [0.25, 0.3) is 0 Å². The summed E-state index contributed by atoms with van der Waals surface area (Å²) >= 11 is 1.67. The van der Waals surface area contributed by atoms with E-state index in [2.05, 4.69) is 25.1 Å². The fraction of sp³-hybridized carbons (Fsp3) is 0.500. The first-order valence-electron chi connectivity index (χ1n) is 5.95. The van der Waals surface area contributed by atoms with Crippen LogP contribution in [0.2, 0.25) is 0 Å². The molecule has 1 aliphatic carbocycles. The Morgan fingerprint density at radius 2 is 2.25 bits per heavy atom. The first kappa shape index (κ1) is 11.7. The van der Waals surface area contributed by atoms with Crippen molar-refractivity contribution in [2.24, 2.45) is 5.92 Å². The van der Waals surface area contributed by atoms with Gasteiger partial charge in [-0.1, -0.05) is 30.5 Å². The number of aryl methyl sites for hydroxylation is 1. The van der Waals surface area contributed by atoms with E-state index in [-0.39, 0.29) is 0 Å². The first-order chi connectivity index (χ1) is 7.74. The lowest BCUT2D eigenvalue weighted by molar-refractivity contribution is -0.116. The van der Waals surface area contributed by atoms with Crippen molar-refractivity contribution in [1.29, 1.82) is 0 Å². The van der Waals surface area contributed by atoms with E-state index in [0.717, 1.165) is 18.8 Å². The van der Waals surface area contributed by atoms with E-state index in [1.165, 1.54) is 23.3 Å². The van der Waals surface area contributed by atoms with Crippen molar-refractivity contribution in [3.05, 3.63) is 29.8 Å². The molecule has 1 nitrogen and oxygen atoms in total. The topological polar surface area (TPSA) is 17.1 Å². The maximum absolute atomic E-state index is 11.6. The van der Waals surface area contributed by atoms with Crippen LogP contribution in [0.5, 0.6) is 0 Å². The molecule has 0 N–H and O–H groups in total. The smallest absolute Gasteiger partial charge is 0.143 e. The third kappa shape index (κ3) is 4.01. The molecule has 1 aromatic carbocycles. The molecule has 0 amide bonds. The maximum atomic E-state index is 11.6. The lowest BCUT2D eigenvalue weighted by Gasteiger charge is -2.02. The van der Waals surface area contributed by atoms with Crippen molar-refractivity contribution in [1.82, 2.24) is 0 Å². The normalized spacial score (nSPS) is 15.1. The van der Waals surface area contributed by atoms with E-state index in [1.807, 2.05) is 6.07 Å². The van der Waals surface area contributed by atoms with Gasteiger partial charge in [-0.25, -0.2) is 0 Å². The van der Waals surface area contributed by atoms with Crippen LogP contribution in [0, 0.1) is 12.8 Å². The Kier molecular flexibility index (Phi) is 4.05. The van der Waals surface area contributed by atoms with Crippen molar-refractivity contribution >= 4 is 17.5 Å². The summed E-state index contributed by atoms with van der Waals surface area (Å²) in [6.45, 7) is 2.08. The number of hydrogen-bond donors (Lipinski definition) is 0. The van der Waals surface area contributed by atoms with Gasteiger partial charge in [0.1, 0.15) is 5.78 Å². The molecule has 1 saturated carbocycles. The molecule has 0 atom stereocenters. The van der Waals surface area contributed by atoms with Gasteiger partial charge in [0, 0.05) is 11.3 Å². The number of thioether (sulfide) groups is 1. The SMILES string of the molecule is Cc1cccc(SCC(=O)CCC2CC2)c1. The van der Waals surface area contributed by atoms with Crippen LogP contribution < -0.4 is 0 Å². The monoisotopic (exact) mass is 234 g/mol. The summed E-state index contributed by atoms with van der Waals surface area (Å²) in [5, 5.41) is 0. The summed E-state index contributed by atoms with van der Waals surface area (Å²) in [4.78, 5) is 12.8. The average molecular weight is 234 g/mol. The van der Waals surface area contributed by atoms with Crippen LogP contribution in [-0.2, 0) is 4.79 Å². The molecule has 16 heavy (non-hydrogen) atoms. The number of carbonyl (C=O) groups is 1. The van der Waals surface area contributed by atoms with E-state index in [9.17, 15) is 4.79 Å². The molecule has 0 unspecified atom stereocenters. The van der Waals surface area contributed by atoms with Crippen molar-refractivity contribution in [3.63, 3.8) is 0 Å². The summed E-state index contributed by atoms with van der Waals surface area (Å²) in [6, 6.07) is 8.34. The van der Waals surface area contributed by atoms with Gasteiger partial charge in [-0.3, -0.25) is 4.79 Å². The van der Waals surface area contributed by atoms with Crippen LogP contribution in [0.25, 0.3) is 0 Å². The minimum absolute atomic E-state index is 0.401. The van der Waals surface area contributed by atoms with Gasteiger partial charge < -0.3 is 0 Å². The highest BCUT2D eigenvalue weighted by molar-refractivity contribution is 8.00. The molecule has 0 aromatic heterocycles. The minimum Gasteiger partial charge on any atom is -0.299 e. The van der Waals surface area contributed by atoms with Gasteiger partial charge in [0.05, 0.1) is 5.75 Å².